The second kappa shape index (κ2) is 4.53. The molecule has 0 aromatic heterocycles. The van der Waals surface area contributed by atoms with Crippen LogP contribution in [0.15, 0.2) is 11.9 Å². The summed E-state index contributed by atoms with van der Waals surface area (Å²) in [7, 11) is -2.75. The zero-order valence-electron chi connectivity index (χ0n) is 7.61. The van der Waals surface area contributed by atoms with E-state index in [1.807, 2.05) is 0 Å². The zero-order chi connectivity index (χ0) is 10.8. The standard InChI is InChI=1S/C7H13O6P/c1-12-6-4-13-5(7(6)8)2-3-14(9,10)11/h2-3,5-8H,4H2,1H3,(H2,9,10,11)/b3-2-/t5?,6-,7-/m1/s1. The first-order valence-corrected chi connectivity index (χ1v) is 5.69. The Morgan fingerprint density at radius 3 is 2.64 bits per heavy atom. The number of aliphatic hydroxyl groups is 1. The number of aliphatic hydroxyl groups excluding tert-OH is 1. The van der Waals surface area contributed by atoms with Gasteiger partial charge in [0.15, 0.2) is 0 Å². The third-order valence-electron chi connectivity index (χ3n) is 1.94. The first kappa shape index (κ1) is 11.8. The van der Waals surface area contributed by atoms with Crippen molar-refractivity contribution in [2.45, 2.75) is 18.3 Å². The largest absolute Gasteiger partial charge is 0.387 e. The van der Waals surface area contributed by atoms with E-state index >= 15 is 0 Å². The SMILES string of the molecule is CO[C@@H]1COC(/C=C\P(=O)(O)O)[C@H]1O. The average Bonchev–Trinajstić information content (AvgIpc) is 2.42. The molecule has 0 aliphatic carbocycles. The summed E-state index contributed by atoms with van der Waals surface area (Å²) in [5.41, 5.74) is 0. The third-order valence-corrected chi connectivity index (χ3v) is 2.50. The van der Waals surface area contributed by atoms with Crippen molar-refractivity contribution < 1.29 is 28.9 Å². The van der Waals surface area contributed by atoms with Gasteiger partial charge in [0.05, 0.1) is 6.61 Å². The lowest BCUT2D eigenvalue weighted by molar-refractivity contribution is 0.0140. The van der Waals surface area contributed by atoms with Crippen molar-refractivity contribution in [3.05, 3.63) is 11.9 Å². The van der Waals surface area contributed by atoms with Crippen LogP contribution in [0.3, 0.4) is 0 Å². The molecule has 6 nitrogen and oxygen atoms in total. The second-order valence-electron chi connectivity index (χ2n) is 2.99. The van der Waals surface area contributed by atoms with E-state index in [0.717, 1.165) is 11.9 Å². The fourth-order valence-corrected chi connectivity index (χ4v) is 1.58. The Kier molecular flexibility index (Phi) is 3.83. The Balaban J connectivity index is 2.56. The minimum atomic E-state index is -4.19. The van der Waals surface area contributed by atoms with E-state index in [0.29, 0.717) is 0 Å². The van der Waals surface area contributed by atoms with Gasteiger partial charge in [0.2, 0.25) is 0 Å². The summed E-state index contributed by atoms with van der Waals surface area (Å²) in [5.74, 6) is 0.721. The highest BCUT2D eigenvalue weighted by Gasteiger charge is 2.34. The number of hydrogen-bond donors (Lipinski definition) is 3. The highest BCUT2D eigenvalue weighted by atomic mass is 31.2. The summed E-state index contributed by atoms with van der Waals surface area (Å²) in [4.78, 5) is 17.1. The molecule has 3 N–H and O–H groups in total. The van der Waals surface area contributed by atoms with Crippen molar-refractivity contribution in [1.82, 2.24) is 0 Å². The van der Waals surface area contributed by atoms with Gasteiger partial charge in [-0.25, -0.2) is 0 Å². The molecule has 14 heavy (non-hydrogen) atoms. The predicted molar refractivity (Wildman–Crippen MR) is 47.7 cm³/mol. The molecule has 1 saturated heterocycles. The van der Waals surface area contributed by atoms with Crippen molar-refractivity contribution >= 4 is 7.60 Å². The van der Waals surface area contributed by atoms with E-state index in [9.17, 15) is 9.67 Å². The van der Waals surface area contributed by atoms with Gasteiger partial charge in [-0.15, -0.1) is 0 Å². The fraction of sp³-hybridized carbons (Fsp3) is 0.714. The van der Waals surface area contributed by atoms with Crippen LogP contribution in [-0.2, 0) is 14.0 Å². The minimum absolute atomic E-state index is 0.216. The van der Waals surface area contributed by atoms with Gasteiger partial charge in [0, 0.05) is 12.9 Å². The maximum absolute atomic E-state index is 10.5. The van der Waals surface area contributed by atoms with E-state index in [4.69, 9.17) is 19.3 Å². The Morgan fingerprint density at radius 2 is 2.21 bits per heavy atom. The molecule has 0 amide bonds. The molecule has 1 fully saturated rings. The van der Waals surface area contributed by atoms with Crippen LogP contribution < -0.4 is 0 Å². The van der Waals surface area contributed by atoms with Crippen molar-refractivity contribution in [3.8, 4) is 0 Å². The summed E-state index contributed by atoms with van der Waals surface area (Å²) in [6.45, 7) is 0.216. The second-order valence-corrected chi connectivity index (χ2v) is 4.47. The normalized spacial score (nSPS) is 34.1. The van der Waals surface area contributed by atoms with Gasteiger partial charge >= 0.3 is 7.60 Å². The molecule has 1 aliphatic heterocycles. The van der Waals surface area contributed by atoms with Crippen LogP contribution in [0.2, 0.25) is 0 Å². The molecule has 0 saturated carbocycles. The summed E-state index contributed by atoms with van der Waals surface area (Å²) in [5, 5.41) is 9.49. The molecule has 0 bridgehead atoms. The van der Waals surface area contributed by atoms with Crippen LogP contribution in [-0.4, -0.2) is 46.9 Å². The van der Waals surface area contributed by atoms with Gasteiger partial charge in [0.25, 0.3) is 0 Å². The lowest BCUT2D eigenvalue weighted by Crippen LogP contribution is -2.30. The van der Waals surface area contributed by atoms with E-state index in [2.05, 4.69) is 0 Å². The average molecular weight is 224 g/mol. The van der Waals surface area contributed by atoms with Gasteiger partial charge in [-0.1, -0.05) is 0 Å². The molecule has 3 atom stereocenters. The molecule has 0 radical (unpaired) electrons. The molecule has 1 heterocycles. The third kappa shape index (κ3) is 3.16. The van der Waals surface area contributed by atoms with Crippen molar-refractivity contribution in [3.63, 3.8) is 0 Å². The van der Waals surface area contributed by atoms with Crippen molar-refractivity contribution in [2.24, 2.45) is 0 Å². The summed E-state index contributed by atoms with van der Waals surface area (Å²) >= 11 is 0. The lowest BCUT2D eigenvalue weighted by Gasteiger charge is -2.12. The smallest absolute Gasteiger partial charge is 0.348 e. The first-order chi connectivity index (χ1) is 6.44. The molecular formula is C7H13O6P. The molecule has 0 spiro atoms. The molecular weight excluding hydrogens is 211 g/mol. The van der Waals surface area contributed by atoms with Crippen molar-refractivity contribution in [1.29, 1.82) is 0 Å². The lowest BCUT2D eigenvalue weighted by atomic mass is 10.1. The van der Waals surface area contributed by atoms with E-state index in [1.54, 1.807) is 0 Å². The fourth-order valence-electron chi connectivity index (χ4n) is 1.19. The predicted octanol–water partition coefficient (Wildman–Crippen LogP) is -0.548. The van der Waals surface area contributed by atoms with Gasteiger partial charge in [-0.3, -0.25) is 4.57 Å². The monoisotopic (exact) mass is 224 g/mol. The summed E-state index contributed by atoms with van der Waals surface area (Å²) in [6, 6.07) is 0. The number of methoxy groups -OCH3 is 1. The first-order valence-electron chi connectivity index (χ1n) is 4.01. The van der Waals surface area contributed by atoms with Gasteiger partial charge in [-0.05, 0) is 6.08 Å². The molecule has 1 unspecified atom stereocenters. The van der Waals surface area contributed by atoms with Crippen molar-refractivity contribution in [2.75, 3.05) is 13.7 Å². The number of ether oxygens (including phenoxy) is 2. The summed E-state index contributed by atoms with van der Waals surface area (Å²) in [6.07, 6.45) is -0.887. The van der Waals surface area contributed by atoms with Crippen LogP contribution in [0, 0.1) is 0 Å². The van der Waals surface area contributed by atoms with Crippen LogP contribution in [0.5, 0.6) is 0 Å². The van der Waals surface area contributed by atoms with Crippen LogP contribution in [0.1, 0.15) is 0 Å². The zero-order valence-corrected chi connectivity index (χ0v) is 8.50. The maximum Gasteiger partial charge on any atom is 0.348 e. The number of hydrogen-bond acceptors (Lipinski definition) is 4. The Bertz CT molecular complexity index is 259. The van der Waals surface area contributed by atoms with E-state index < -0.39 is 25.9 Å². The van der Waals surface area contributed by atoms with Gasteiger partial charge in [-0.2, -0.15) is 0 Å². The Morgan fingerprint density at radius 1 is 1.57 bits per heavy atom. The molecule has 1 rings (SSSR count). The Labute approximate surface area is 81.3 Å². The topological polar surface area (TPSA) is 96.2 Å². The van der Waals surface area contributed by atoms with Gasteiger partial charge < -0.3 is 24.4 Å². The van der Waals surface area contributed by atoms with Crippen LogP contribution in [0.4, 0.5) is 0 Å². The van der Waals surface area contributed by atoms with Crippen LogP contribution >= 0.6 is 7.60 Å². The molecule has 1 aliphatic rings. The highest BCUT2D eigenvalue weighted by molar-refractivity contribution is 7.55. The van der Waals surface area contributed by atoms with E-state index in [1.165, 1.54) is 7.11 Å². The highest BCUT2D eigenvalue weighted by Crippen LogP contribution is 2.36. The number of rotatable bonds is 3. The summed E-state index contributed by atoms with van der Waals surface area (Å²) < 4.78 is 20.4. The maximum atomic E-state index is 10.5. The minimum Gasteiger partial charge on any atom is -0.387 e. The molecule has 7 heteroatoms. The molecule has 82 valence electrons. The van der Waals surface area contributed by atoms with Crippen LogP contribution in [0.25, 0.3) is 0 Å². The van der Waals surface area contributed by atoms with E-state index in [-0.39, 0.29) is 6.61 Å². The Hall–Kier alpha value is -0.230. The molecule has 0 aromatic rings. The molecule has 0 aromatic carbocycles. The quantitative estimate of drug-likeness (QED) is 0.557. The van der Waals surface area contributed by atoms with Gasteiger partial charge in [0.1, 0.15) is 18.3 Å².